The van der Waals surface area contributed by atoms with Crippen LogP contribution in [0.15, 0.2) is 0 Å². The summed E-state index contributed by atoms with van der Waals surface area (Å²) in [5.41, 5.74) is 0. The van der Waals surface area contributed by atoms with Crippen molar-refractivity contribution in [3.8, 4) is 0 Å². The van der Waals surface area contributed by atoms with Crippen molar-refractivity contribution < 1.29 is 4.79 Å². The molecule has 2 amide bonds. The van der Waals surface area contributed by atoms with Crippen molar-refractivity contribution in [1.82, 2.24) is 10.2 Å². The molecule has 2 atom stereocenters. The molecule has 3 nitrogen and oxygen atoms in total. The Kier molecular flexibility index (Phi) is 3.72. The van der Waals surface area contributed by atoms with E-state index in [0.717, 1.165) is 18.9 Å². The number of carbonyl (C=O) groups is 1. The van der Waals surface area contributed by atoms with E-state index in [0.29, 0.717) is 12.1 Å². The Balaban J connectivity index is 1.94. The van der Waals surface area contributed by atoms with Crippen LogP contribution in [0, 0.1) is 5.92 Å². The number of urea groups is 1. The predicted octanol–water partition coefficient (Wildman–Crippen LogP) is 2.76. The summed E-state index contributed by atoms with van der Waals surface area (Å²) in [5.74, 6) is 0.854. The maximum atomic E-state index is 12.0. The molecule has 0 radical (unpaired) electrons. The summed E-state index contributed by atoms with van der Waals surface area (Å²) in [6, 6.07) is 1.24. The highest BCUT2D eigenvalue weighted by atomic mass is 16.2. The molecule has 2 aliphatic rings. The van der Waals surface area contributed by atoms with Gasteiger partial charge >= 0.3 is 6.03 Å². The molecule has 0 aromatic carbocycles. The van der Waals surface area contributed by atoms with Crippen molar-refractivity contribution in [2.24, 2.45) is 5.92 Å². The first-order valence-electron chi connectivity index (χ1n) is 6.82. The zero-order valence-electron chi connectivity index (χ0n) is 10.5. The monoisotopic (exact) mass is 224 g/mol. The Labute approximate surface area is 98.6 Å². The van der Waals surface area contributed by atoms with Gasteiger partial charge in [-0.3, -0.25) is 0 Å². The van der Waals surface area contributed by atoms with Crippen LogP contribution in [0.2, 0.25) is 0 Å². The minimum Gasteiger partial charge on any atom is -0.338 e. The molecule has 0 aromatic rings. The van der Waals surface area contributed by atoms with Crippen LogP contribution in [-0.2, 0) is 0 Å². The summed E-state index contributed by atoms with van der Waals surface area (Å²) in [7, 11) is 0. The van der Waals surface area contributed by atoms with E-state index in [4.69, 9.17) is 0 Å². The molecule has 2 saturated heterocycles. The number of fused-ring (bicyclic) bond motifs is 2. The quantitative estimate of drug-likeness (QED) is 0.785. The second kappa shape index (κ2) is 5.07. The Morgan fingerprint density at radius 3 is 2.38 bits per heavy atom. The first kappa shape index (κ1) is 11.7. The third kappa shape index (κ3) is 2.18. The molecular formula is C13H24N2O. The van der Waals surface area contributed by atoms with Gasteiger partial charge in [0.2, 0.25) is 0 Å². The maximum absolute atomic E-state index is 12.0. The van der Waals surface area contributed by atoms with Gasteiger partial charge in [-0.25, -0.2) is 4.79 Å². The van der Waals surface area contributed by atoms with Gasteiger partial charge in [0.25, 0.3) is 0 Å². The van der Waals surface area contributed by atoms with Crippen LogP contribution in [0.25, 0.3) is 0 Å². The van der Waals surface area contributed by atoms with Crippen LogP contribution in [0.3, 0.4) is 0 Å². The van der Waals surface area contributed by atoms with Gasteiger partial charge in [-0.2, -0.15) is 0 Å². The Morgan fingerprint density at radius 2 is 1.88 bits per heavy atom. The molecule has 2 rings (SSSR count). The molecule has 16 heavy (non-hydrogen) atoms. The van der Waals surface area contributed by atoms with E-state index in [2.05, 4.69) is 24.1 Å². The highest BCUT2D eigenvalue weighted by molar-refractivity contribution is 5.75. The molecule has 2 aliphatic heterocycles. The second-order valence-corrected chi connectivity index (χ2v) is 5.27. The van der Waals surface area contributed by atoms with Gasteiger partial charge in [-0.1, -0.05) is 20.3 Å². The van der Waals surface area contributed by atoms with Crippen LogP contribution in [0.4, 0.5) is 4.79 Å². The van der Waals surface area contributed by atoms with Gasteiger partial charge < -0.3 is 10.2 Å². The van der Waals surface area contributed by atoms with E-state index in [1.807, 2.05) is 0 Å². The first-order valence-corrected chi connectivity index (χ1v) is 6.82. The summed E-state index contributed by atoms with van der Waals surface area (Å²) < 4.78 is 0. The normalized spacial score (nSPS) is 32.9. The lowest BCUT2D eigenvalue weighted by atomic mass is 9.89. The Hall–Kier alpha value is -0.730. The topological polar surface area (TPSA) is 32.3 Å². The minimum atomic E-state index is 0.184. The number of amides is 2. The van der Waals surface area contributed by atoms with Crippen molar-refractivity contribution in [1.29, 1.82) is 0 Å². The lowest BCUT2D eigenvalue weighted by Gasteiger charge is -2.38. The van der Waals surface area contributed by atoms with Crippen molar-refractivity contribution in [2.45, 2.75) is 64.5 Å². The van der Waals surface area contributed by atoms with Crippen LogP contribution >= 0.6 is 0 Å². The Morgan fingerprint density at radius 1 is 1.25 bits per heavy atom. The fourth-order valence-electron chi connectivity index (χ4n) is 3.28. The lowest BCUT2D eigenvalue weighted by molar-refractivity contribution is 0.120. The molecule has 2 heterocycles. The molecule has 2 unspecified atom stereocenters. The molecule has 0 spiro atoms. The van der Waals surface area contributed by atoms with E-state index < -0.39 is 0 Å². The Bertz CT molecular complexity index is 240. The fraction of sp³-hybridized carbons (Fsp3) is 0.923. The molecule has 2 fully saturated rings. The molecule has 0 saturated carbocycles. The van der Waals surface area contributed by atoms with Gasteiger partial charge in [0.05, 0.1) is 0 Å². The standard InChI is InChI=1S/C13H24N2O/c1-3-7-14-13(16)15-11-5-6-12(15)9-10(4-2)8-11/h10-12H,3-9H2,1-2H3,(H,14,16). The summed E-state index contributed by atoms with van der Waals surface area (Å²) in [5, 5.41) is 3.02. The van der Waals surface area contributed by atoms with Gasteiger partial charge in [0, 0.05) is 18.6 Å². The molecule has 2 bridgehead atoms. The third-order valence-corrected chi connectivity index (χ3v) is 4.17. The number of carbonyl (C=O) groups excluding carboxylic acids is 1. The molecule has 92 valence electrons. The lowest BCUT2D eigenvalue weighted by Crippen LogP contribution is -2.50. The smallest absolute Gasteiger partial charge is 0.317 e. The number of hydrogen-bond acceptors (Lipinski definition) is 1. The second-order valence-electron chi connectivity index (χ2n) is 5.27. The molecule has 0 aliphatic carbocycles. The minimum absolute atomic E-state index is 0.184. The van der Waals surface area contributed by atoms with Crippen LogP contribution in [-0.4, -0.2) is 29.6 Å². The van der Waals surface area contributed by atoms with Gasteiger partial charge in [0.1, 0.15) is 0 Å². The van der Waals surface area contributed by atoms with Crippen molar-refractivity contribution in [3.63, 3.8) is 0 Å². The summed E-state index contributed by atoms with van der Waals surface area (Å²) >= 11 is 0. The number of nitrogens with one attached hydrogen (secondary N) is 1. The van der Waals surface area contributed by atoms with E-state index in [9.17, 15) is 4.79 Å². The molecule has 1 N–H and O–H groups in total. The zero-order chi connectivity index (χ0) is 11.5. The van der Waals surface area contributed by atoms with Gasteiger partial charge in [-0.15, -0.1) is 0 Å². The van der Waals surface area contributed by atoms with E-state index in [1.54, 1.807) is 0 Å². The molecule has 0 aromatic heterocycles. The van der Waals surface area contributed by atoms with Gasteiger partial charge in [-0.05, 0) is 38.0 Å². The number of hydrogen-bond donors (Lipinski definition) is 1. The van der Waals surface area contributed by atoms with Gasteiger partial charge in [0.15, 0.2) is 0 Å². The average Bonchev–Trinajstić information content (AvgIpc) is 2.57. The molecular weight excluding hydrogens is 200 g/mol. The van der Waals surface area contributed by atoms with Crippen LogP contribution < -0.4 is 5.32 Å². The molecule has 3 heteroatoms. The van der Waals surface area contributed by atoms with E-state index >= 15 is 0 Å². The summed E-state index contributed by atoms with van der Waals surface area (Å²) in [4.78, 5) is 14.2. The SMILES string of the molecule is CCCNC(=O)N1C2CCC1CC(CC)C2. The number of nitrogens with zero attached hydrogens (tertiary/aromatic N) is 1. The summed E-state index contributed by atoms with van der Waals surface area (Å²) in [6.07, 6.45) is 7.20. The average molecular weight is 224 g/mol. The maximum Gasteiger partial charge on any atom is 0.317 e. The highest BCUT2D eigenvalue weighted by Gasteiger charge is 2.42. The van der Waals surface area contributed by atoms with E-state index in [-0.39, 0.29) is 6.03 Å². The van der Waals surface area contributed by atoms with Crippen molar-refractivity contribution >= 4 is 6.03 Å². The van der Waals surface area contributed by atoms with Crippen molar-refractivity contribution in [2.75, 3.05) is 6.54 Å². The zero-order valence-corrected chi connectivity index (χ0v) is 10.5. The first-order chi connectivity index (χ1) is 7.76. The largest absolute Gasteiger partial charge is 0.338 e. The fourth-order valence-corrected chi connectivity index (χ4v) is 3.28. The predicted molar refractivity (Wildman–Crippen MR) is 65.4 cm³/mol. The third-order valence-electron chi connectivity index (χ3n) is 4.17. The van der Waals surface area contributed by atoms with Crippen LogP contribution in [0.1, 0.15) is 52.4 Å². The van der Waals surface area contributed by atoms with Crippen LogP contribution in [0.5, 0.6) is 0 Å². The summed E-state index contributed by atoms with van der Waals surface area (Å²) in [6.45, 7) is 5.18. The highest BCUT2D eigenvalue weighted by Crippen LogP contribution is 2.39. The number of piperidine rings is 1. The number of rotatable bonds is 3. The van der Waals surface area contributed by atoms with Crippen molar-refractivity contribution in [3.05, 3.63) is 0 Å². The van der Waals surface area contributed by atoms with E-state index in [1.165, 1.54) is 32.1 Å².